The monoisotopic (exact) mass is 867 g/mol. The lowest BCUT2D eigenvalue weighted by molar-refractivity contribution is -0.150. The fourth-order valence-electron chi connectivity index (χ4n) is 7.87. The highest BCUT2D eigenvalue weighted by molar-refractivity contribution is 5.72. The van der Waals surface area contributed by atoms with Crippen LogP contribution in [0.4, 0.5) is 4.79 Å². The molecule has 0 saturated heterocycles. The number of hydrogen-bond donors (Lipinski definition) is 1. The number of carbonyl (C=O) groups is 3. The lowest BCUT2D eigenvalue weighted by atomic mass is 9.94. The lowest BCUT2D eigenvalue weighted by Gasteiger charge is -2.22. The molecule has 0 bridgehead atoms. The van der Waals surface area contributed by atoms with Gasteiger partial charge in [-0.15, -0.1) is 0 Å². The van der Waals surface area contributed by atoms with Gasteiger partial charge in [0.1, 0.15) is 11.7 Å². The predicted molar refractivity (Wildman–Crippen MR) is 256 cm³/mol. The van der Waals surface area contributed by atoms with Crippen molar-refractivity contribution in [3.63, 3.8) is 0 Å². The second-order valence-corrected chi connectivity index (χ2v) is 18.9. The summed E-state index contributed by atoms with van der Waals surface area (Å²) in [7, 11) is 0. The molecular formula is C52H102N2O7. The number of rotatable bonds is 45. The van der Waals surface area contributed by atoms with Gasteiger partial charge in [-0.25, -0.2) is 4.79 Å². The van der Waals surface area contributed by atoms with E-state index in [-0.39, 0.29) is 24.0 Å². The van der Waals surface area contributed by atoms with Gasteiger partial charge >= 0.3 is 18.0 Å². The Kier molecular flexibility index (Phi) is 42.1. The molecule has 0 aliphatic rings. The van der Waals surface area contributed by atoms with E-state index in [0.29, 0.717) is 32.8 Å². The van der Waals surface area contributed by atoms with Gasteiger partial charge in [-0.2, -0.15) is 0 Å². The van der Waals surface area contributed by atoms with Crippen LogP contribution >= 0.6 is 0 Å². The van der Waals surface area contributed by atoms with E-state index in [0.717, 1.165) is 103 Å². The zero-order chi connectivity index (χ0) is 45.1. The van der Waals surface area contributed by atoms with Crippen LogP contribution in [0.2, 0.25) is 0 Å². The first-order valence-electron chi connectivity index (χ1n) is 26.2. The van der Waals surface area contributed by atoms with E-state index in [1.807, 2.05) is 20.8 Å². The van der Waals surface area contributed by atoms with E-state index in [9.17, 15) is 14.4 Å². The average molecular weight is 867 g/mol. The van der Waals surface area contributed by atoms with Crippen LogP contribution in [0.25, 0.3) is 0 Å². The van der Waals surface area contributed by atoms with E-state index in [2.05, 4.69) is 37.9 Å². The number of amides is 1. The highest BCUT2D eigenvalue weighted by atomic mass is 16.6. The second-order valence-electron chi connectivity index (χ2n) is 18.9. The van der Waals surface area contributed by atoms with Crippen molar-refractivity contribution in [3.8, 4) is 0 Å². The molecule has 0 spiro atoms. The first-order chi connectivity index (χ1) is 29.6. The molecule has 2 unspecified atom stereocenters. The maximum atomic E-state index is 13.1. The van der Waals surface area contributed by atoms with Gasteiger partial charge in [-0.3, -0.25) is 9.59 Å². The normalized spacial score (nSPS) is 12.7. The molecule has 2 atom stereocenters. The van der Waals surface area contributed by atoms with Crippen LogP contribution in [0.5, 0.6) is 0 Å². The summed E-state index contributed by atoms with van der Waals surface area (Å²) in [5, 5.41) is 2.76. The summed E-state index contributed by atoms with van der Waals surface area (Å²) in [4.78, 5) is 40.0. The Morgan fingerprint density at radius 2 is 1.00 bits per heavy atom. The maximum absolute atomic E-state index is 13.1. The quantitative estimate of drug-likeness (QED) is 0.0367. The highest BCUT2D eigenvalue weighted by Crippen LogP contribution is 2.21. The molecule has 0 saturated carbocycles. The van der Waals surface area contributed by atoms with Gasteiger partial charge < -0.3 is 29.2 Å². The molecule has 0 aromatic carbocycles. The number of hydrogen-bond acceptors (Lipinski definition) is 8. The van der Waals surface area contributed by atoms with Gasteiger partial charge in [0.15, 0.2) is 0 Å². The number of nitrogens with zero attached hydrogens (tertiary/aromatic N) is 1. The summed E-state index contributed by atoms with van der Waals surface area (Å²) in [6, 6.07) is 0. The molecule has 1 N–H and O–H groups in total. The highest BCUT2D eigenvalue weighted by Gasteiger charge is 2.20. The molecule has 61 heavy (non-hydrogen) atoms. The Labute approximate surface area is 378 Å². The summed E-state index contributed by atoms with van der Waals surface area (Å²) in [6.07, 6.45) is 36.1. The molecule has 0 radical (unpaired) electrons. The Morgan fingerprint density at radius 3 is 1.56 bits per heavy atom. The lowest BCUT2D eigenvalue weighted by Crippen LogP contribution is -2.34. The van der Waals surface area contributed by atoms with Crippen LogP contribution in [0.15, 0.2) is 0 Å². The molecule has 0 heterocycles. The Hall–Kier alpha value is -1.87. The van der Waals surface area contributed by atoms with Crippen molar-refractivity contribution in [2.45, 2.75) is 266 Å². The number of carbonyl (C=O) groups excluding carboxylic acids is 3. The van der Waals surface area contributed by atoms with Crippen LogP contribution in [0.3, 0.4) is 0 Å². The first kappa shape index (κ1) is 59.1. The van der Waals surface area contributed by atoms with Crippen LogP contribution < -0.4 is 5.32 Å². The smallest absolute Gasteiger partial charge is 0.407 e. The standard InChI is InChI=1S/C52H102N2O7/c1-8-12-15-18-20-25-31-39-49(55)60-48(11-4)38-30-24-21-22-26-32-41-54(43-35-44-58-46-40-53-51(57)61-52(5,6)7)42-33-27-34-45-59-50(56)47(36-28-17-14-10-3)37-29-23-19-16-13-9-2/h47-48H,8-46H2,1-7H3,(H,53,57). The minimum Gasteiger partial charge on any atom is -0.465 e. The van der Waals surface area contributed by atoms with E-state index in [1.54, 1.807) is 0 Å². The van der Waals surface area contributed by atoms with Crippen LogP contribution in [-0.4, -0.2) is 80.6 Å². The molecule has 0 aliphatic heterocycles. The van der Waals surface area contributed by atoms with Crippen molar-refractivity contribution in [3.05, 3.63) is 0 Å². The topological polar surface area (TPSA) is 103 Å². The summed E-state index contributed by atoms with van der Waals surface area (Å²) in [5.41, 5.74) is -0.509. The Bertz CT molecular complexity index is 987. The molecule has 0 aliphatic carbocycles. The van der Waals surface area contributed by atoms with Gasteiger partial charge in [0, 0.05) is 26.1 Å². The van der Waals surface area contributed by atoms with E-state index >= 15 is 0 Å². The number of alkyl carbamates (subject to hydrolysis) is 1. The molecule has 0 aromatic heterocycles. The molecule has 0 fully saturated rings. The van der Waals surface area contributed by atoms with Crippen LogP contribution in [0, 0.1) is 5.92 Å². The molecule has 1 amide bonds. The second kappa shape index (κ2) is 43.4. The zero-order valence-electron chi connectivity index (χ0n) is 41.5. The Morgan fingerprint density at radius 1 is 0.525 bits per heavy atom. The largest absolute Gasteiger partial charge is 0.465 e. The molecule has 9 heteroatoms. The number of nitrogens with one attached hydrogen (secondary N) is 1. The summed E-state index contributed by atoms with van der Waals surface area (Å²) >= 11 is 0. The van der Waals surface area contributed by atoms with E-state index in [1.165, 1.54) is 116 Å². The third kappa shape index (κ3) is 41.9. The van der Waals surface area contributed by atoms with Gasteiger partial charge in [0.2, 0.25) is 0 Å². The third-order valence-electron chi connectivity index (χ3n) is 11.7. The summed E-state index contributed by atoms with van der Waals surface area (Å²) in [6.45, 7) is 19.7. The average Bonchev–Trinajstić information content (AvgIpc) is 3.22. The molecule has 0 aromatic rings. The van der Waals surface area contributed by atoms with Crippen LogP contribution in [-0.2, 0) is 28.5 Å². The third-order valence-corrected chi connectivity index (χ3v) is 11.7. The fourth-order valence-corrected chi connectivity index (χ4v) is 7.87. The van der Waals surface area contributed by atoms with Gasteiger partial charge in [0.25, 0.3) is 0 Å². The minimum atomic E-state index is -0.509. The number of ether oxygens (including phenoxy) is 4. The Balaban J connectivity index is 4.60. The predicted octanol–water partition coefficient (Wildman–Crippen LogP) is 14.5. The first-order valence-corrected chi connectivity index (χ1v) is 26.2. The molecule has 0 rings (SSSR count). The molecule has 9 nitrogen and oxygen atoms in total. The number of unbranched alkanes of at least 4 members (excludes halogenated alkanes) is 21. The van der Waals surface area contributed by atoms with Crippen molar-refractivity contribution >= 4 is 18.0 Å². The zero-order valence-corrected chi connectivity index (χ0v) is 41.5. The van der Waals surface area contributed by atoms with Crippen LogP contribution in [0.1, 0.15) is 254 Å². The van der Waals surface area contributed by atoms with Gasteiger partial charge in [-0.1, -0.05) is 156 Å². The molecule has 362 valence electrons. The van der Waals surface area contributed by atoms with Gasteiger partial charge in [-0.05, 0) is 104 Å². The summed E-state index contributed by atoms with van der Waals surface area (Å²) in [5.74, 6) is 0.0951. The van der Waals surface area contributed by atoms with Crippen molar-refractivity contribution < 1.29 is 33.3 Å². The van der Waals surface area contributed by atoms with Crippen molar-refractivity contribution in [2.75, 3.05) is 46.0 Å². The fraction of sp³-hybridized carbons (Fsp3) is 0.942. The number of esters is 2. The van der Waals surface area contributed by atoms with Crippen molar-refractivity contribution in [1.82, 2.24) is 10.2 Å². The van der Waals surface area contributed by atoms with Gasteiger partial charge in [0.05, 0.1) is 19.1 Å². The minimum absolute atomic E-state index is 0.00844. The maximum Gasteiger partial charge on any atom is 0.407 e. The summed E-state index contributed by atoms with van der Waals surface area (Å²) < 4.78 is 22.8. The SMILES string of the molecule is CCCCCCCCCC(=O)OC(CC)CCCCCCCCN(CCCCCOC(=O)C(CCCCCC)CCCCCCCC)CCCOCCNC(=O)OC(C)(C)C. The van der Waals surface area contributed by atoms with E-state index < -0.39 is 11.7 Å². The van der Waals surface area contributed by atoms with Crippen molar-refractivity contribution in [1.29, 1.82) is 0 Å². The van der Waals surface area contributed by atoms with Crippen molar-refractivity contribution in [2.24, 2.45) is 5.92 Å². The molecular weight excluding hydrogens is 765 g/mol. The van der Waals surface area contributed by atoms with E-state index in [4.69, 9.17) is 18.9 Å².